The number of carbonyl (C=O) groups is 1. The standard InChI is InChI=1S/C12H20N2O2S/c1-5-16-10(15)7-13-6-9-8-17-11(14-9)12(2,3)4/h8,13H,5-7H2,1-4H3. The van der Waals surface area contributed by atoms with Gasteiger partial charge in [-0.2, -0.15) is 0 Å². The van der Waals surface area contributed by atoms with E-state index in [2.05, 4.69) is 31.1 Å². The highest BCUT2D eigenvalue weighted by Crippen LogP contribution is 2.25. The molecule has 0 bridgehead atoms. The smallest absolute Gasteiger partial charge is 0.319 e. The van der Waals surface area contributed by atoms with E-state index >= 15 is 0 Å². The zero-order valence-corrected chi connectivity index (χ0v) is 11.7. The first kappa shape index (κ1) is 14.1. The third-order valence-corrected chi connectivity index (χ3v) is 3.39. The van der Waals surface area contributed by atoms with Crippen molar-refractivity contribution in [2.75, 3.05) is 13.2 Å². The Balaban J connectivity index is 2.38. The number of hydrogen-bond donors (Lipinski definition) is 1. The van der Waals surface area contributed by atoms with Crippen molar-refractivity contribution < 1.29 is 9.53 Å². The van der Waals surface area contributed by atoms with Crippen LogP contribution in [-0.2, 0) is 21.5 Å². The summed E-state index contributed by atoms with van der Waals surface area (Å²) >= 11 is 1.66. The van der Waals surface area contributed by atoms with E-state index in [4.69, 9.17) is 4.74 Å². The monoisotopic (exact) mass is 256 g/mol. The van der Waals surface area contributed by atoms with Gasteiger partial charge < -0.3 is 10.1 Å². The van der Waals surface area contributed by atoms with Crippen LogP contribution < -0.4 is 5.32 Å². The first-order valence-electron chi connectivity index (χ1n) is 5.74. The molecule has 0 aromatic carbocycles. The Bertz CT molecular complexity index is 369. The molecule has 96 valence electrons. The molecule has 0 aliphatic rings. The van der Waals surface area contributed by atoms with Gasteiger partial charge in [-0.1, -0.05) is 20.8 Å². The van der Waals surface area contributed by atoms with Crippen LogP contribution in [0.1, 0.15) is 38.4 Å². The molecule has 0 atom stereocenters. The Morgan fingerprint density at radius 2 is 2.24 bits per heavy atom. The SMILES string of the molecule is CCOC(=O)CNCc1csc(C(C)(C)C)n1. The fraction of sp³-hybridized carbons (Fsp3) is 0.667. The summed E-state index contributed by atoms with van der Waals surface area (Å²) in [6, 6.07) is 0. The van der Waals surface area contributed by atoms with Gasteiger partial charge in [0, 0.05) is 17.3 Å². The molecular formula is C12H20N2O2S. The minimum absolute atomic E-state index is 0.0874. The molecule has 0 aliphatic heterocycles. The molecule has 0 spiro atoms. The lowest BCUT2D eigenvalue weighted by Crippen LogP contribution is -2.24. The molecule has 0 saturated carbocycles. The molecule has 5 heteroatoms. The Morgan fingerprint density at radius 3 is 2.76 bits per heavy atom. The van der Waals surface area contributed by atoms with Gasteiger partial charge in [-0.05, 0) is 6.92 Å². The first-order chi connectivity index (χ1) is 7.93. The molecule has 1 rings (SSSR count). The summed E-state index contributed by atoms with van der Waals surface area (Å²) in [6.45, 7) is 9.48. The van der Waals surface area contributed by atoms with E-state index in [1.54, 1.807) is 18.3 Å². The van der Waals surface area contributed by atoms with E-state index in [-0.39, 0.29) is 17.9 Å². The normalized spacial score (nSPS) is 11.5. The van der Waals surface area contributed by atoms with Crippen molar-refractivity contribution >= 4 is 17.3 Å². The van der Waals surface area contributed by atoms with Crippen LogP contribution >= 0.6 is 11.3 Å². The van der Waals surface area contributed by atoms with Crippen molar-refractivity contribution in [2.45, 2.75) is 39.7 Å². The number of nitrogens with one attached hydrogen (secondary N) is 1. The predicted octanol–water partition coefficient (Wildman–Crippen LogP) is 2.09. The Hall–Kier alpha value is -0.940. The summed E-state index contributed by atoms with van der Waals surface area (Å²) in [4.78, 5) is 15.6. The lowest BCUT2D eigenvalue weighted by atomic mass is 9.98. The number of carbonyl (C=O) groups excluding carboxylic acids is 1. The quantitative estimate of drug-likeness (QED) is 0.820. The van der Waals surface area contributed by atoms with Crippen LogP contribution in [0.25, 0.3) is 0 Å². The van der Waals surface area contributed by atoms with E-state index in [0.29, 0.717) is 13.2 Å². The van der Waals surface area contributed by atoms with Gasteiger partial charge in [0.25, 0.3) is 0 Å². The molecule has 1 heterocycles. The van der Waals surface area contributed by atoms with Crippen molar-refractivity contribution in [3.8, 4) is 0 Å². The molecule has 0 saturated heterocycles. The van der Waals surface area contributed by atoms with E-state index in [1.165, 1.54) is 0 Å². The summed E-state index contributed by atoms with van der Waals surface area (Å²) in [7, 11) is 0. The van der Waals surface area contributed by atoms with Gasteiger partial charge in [0.15, 0.2) is 0 Å². The summed E-state index contributed by atoms with van der Waals surface area (Å²) in [5.74, 6) is -0.223. The second-order valence-corrected chi connectivity index (χ2v) is 5.66. The van der Waals surface area contributed by atoms with Gasteiger partial charge in [-0.15, -0.1) is 11.3 Å². The molecule has 0 amide bonds. The predicted molar refractivity (Wildman–Crippen MR) is 69.2 cm³/mol. The van der Waals surface area contributed by atoms with Crippen molar-refractivity contribution in [1.29, 1.82) is 0 Å². The summed E-state index contributed by atoms with van der Waals surface area (Å²) < 4.78 is 4.82. The number of aromatic nitrogens is 1. The minimum Gasteiger partial charge on any atom is -0.465 e. The lowest BCUT2D eigenvalue weighted by Gasteiger charge is -2.13. The third kappa shape index (κ3) is 4.83. The average molecular weight is 256 g/mol. The van der Waals surface area contributed by atoms with Crippen LogP contribution in [0.4, 0.5) is 0 Å². The number of ether oxygens (including phenoxy) is 1. The Morgan fingerprint density at radius 1 is 1.53 bits per heavy atom. The molecule has 4 nitrogen and oxygen atoms in total. The van der Waals surface area contributed by atoms with Gasteiger partial charge in [0.2, 0.25) is 0 Å². The van der Waals surface area contributed by atoms with Crippen molar-refractivity contribution in [1.82, 2.24) is 10.3 Å². The van der Waals surface area contributed by atoms with Crippen molar-refractivity contribution in [3.05, 3.63) is 16.1 Å². The summed E-state index contributed by atoms with van der Waals surface area (Å²) in [5.41, 5.74) is 1.06. The highest BCUT2D eigenvalue weighted by molar-refractivity contribution is 7.09. The molecule has 0 aliphatic carbocycles. The molecule has 1 aromatic rings. The van der Waals surface area contributed by atoms with E-state index in [1.807, 2.05) is 5.38 Å². The number of esters is 1. The van der Waals surface area contributed by atoms with Crippen LogP contribution in [0, 0.1) is 0 Å². The molecule has 17 heavy (non-hydrogen) atoms. The third-order valence-electron chi connectivity index (χ3n) is 2.07. The summed E-state index contributed by atoms with van der Waals surface area (Å²) in [6.07, 6.45) is 0. The van der Waals surface area contributed by atoms with Crippen molar-refractivity contribution in [2.24, 2.45) is 0 Å². The second kappa shape index (κ2) is 6.12. The molecule has 0 fully saturated rings. The Labute approximate surface area is 106 Å². The number of thiazole rings is 1. The van der Waals surface area contributed by atoms with Gasteiger partial charge >= 0.3 is 5.97 Å². The maximum absolute atomic E-state index is 11.1. The van der Waals surface area contributed by atoms with Crippen LogP contribution in [0.3, 0.4) is 0 Å². The van der Waals surface area contributed by atoms with E-state index in [9.17, 15) is 4.79 Å². The first-order valence-corrected chi connectivity index (χ1v) is 6.62. The van der Waals surface area contributed by atoms with Gasteiger partial charge in [0.05, 0.1) is 23.9 Å². The fourth-order valence-electron chi connectivity index (χ4n) is 1.24. The maximum atomic E-state index is 11.1. The van der Waals surface area contributed by atoms with Gasteiger partial charge in [0.1, 0.15) is 0 Å². The van der Waals surface area contributed by atoms with E-state index in [0.717, 1.165) is 10.7 Å². The zero-order valence-electron chi connectivity index (χ0n) is 10.9. The molecular weight excluding hydrogens is 236 g/mol. The second-order valence-electron chi connectivity index (χ2n) is 4.80. The van der Waals surface area contributed by atoms with E-state index < -0.39 is 0 Å². The van der Waals surface area contributed by atoms with Crippen LogP contribution in [0.15, 0.2) is 5.38 Å². The molecule has 1 aromatic heterocycles. The maximum Gasteiger partial charge on any atom is 0.319 e. The average Bonchev–Trinajstić information content (AvgIpc) is 2.66. The number of nitrogens with zero attached hydrogens (tertiary/aromatic N) is 1. The fourth-order valence-corrected chi connectivity index (χ4v) is 2.14. The number of hydrogen-bond acceptors (Lipinski definition) is 5. The van der Waals surface area contributed by atoms with Gasteiger partial charge in [-0.3, -0.25) is 4.79 Å². The van der Waals surface area contributed by atoms with Crippen LogP contribution in [0.2, 0.25) is 0 Å². The molecule has 0 radical (unpaired) electrons. The highest BCUT2D eigenvalue weighted by Gasteiger charge is 2.17. The lowest BCUT2D eigenvalue weighted by molar-refractivity contribution is -0.142. The highest BCUT2D eigenvalue weighted by atomic mass is 32.1. The summed E-state index contributed by atoms with van der Waals surface area (Å²) in [5, 5.41) is 6.16. The largest absolute Gasteiger partial charge is 0.465 e. The van der Waals surface area contributed by atoms with Crippen molar-refractivity contribution in [3.63, 3.8) is 0 Å². The molecule has 1 N–H and O–H groups in total. The zero-order chi connectivity index (χ0) is 12.9. The Kier molecular flexibility index (Phi) is 5.08. The molecule has 0 unspecified atom stereocenters. The van der Waals surface area contributed by atoms with Crippen LogP contribution in [0.5, 0.6) is 0 Å². The topological polar surface area (TPSA) is 51.2 Å². The van der Waals surface area contributed by atoms with Crippen LogP contribution in [-0.4, -0.2) is 24.1 Å². The van der Waals surface area contributed by atoms with Gasteiger partial charge in [-0.25, -0.2) is 4.98 Å². The number of rotatable bonds is 5. The minimum atomic E-state index is -0.223.